The van der Waals surface area contributed by atoms with E-state index in [1.807, 2.05) is 30.3 Å². The van der Waals surface area contributed by atoms with Crippen molar-refractivity contribution in [2.75, 3.05) is 5.75 Å². The summed E-state index contributed by atoms with van der Waals surface area (Å²) in [5, 5.41) is 8.20. The second-order valence-corrected chi connectivity index (χ2v) is 3.19. The van der Waals surface area contributed by atoms with Gasteiger partial charge >= 0.3 is 0 Å². The van der Waals surface area contributed by atoms with E-state index < -0.39 is 0 Å². The molecular formula is C8H9NO2S. The molecule has 0 bridgehead atoms. The van der Waals surface area contributed by atoms with Crippen LogP contribution in [0, 0.1) is 0 Å². The van der Waals surface area contributed by atoms with Gasteiger partial charge in [0, 0.05) is 4.90 Å². The number of hydrogen-bond donors (Lipinski definition) is 2. The molecule has 0 unspecified atom stereocenters. The lowest BCUT2D eigenvalue weighted by Gasteiger charge is -1.98. The van der Waals surface area contributed by atoms with E-state index in [0.717, 1.165) is 4.90 Å². The zero-order valence-electron chi connectivity index (χ0n) is 6.36. The maximum absolute atomic E-state index is 10.6. The van der Waals surface area contributed by atoms with E-state index in [-0.39, 0.29) is 11.7 Å². The molecule has 0 fully saturated rings. The van der Waals surface area contributed by atoms with E-state index in [2.05, 4.69) is 0 Å². The maximum Gasteiger partial charge on any atom is 0.253 e. The van der Waals surface area contributed by atoms with Crippen molar-refractivity contribution in [1.82, 2.24) is 5.48 Å². The van der Waals surface area contributed by atoms with Crippen LogP contribution >= 0.6 is 11.8 Å². The molecule has 0 spiro atoms. The Morgan fingerprint density at radius 2 is 2.08 bits per heavy atom. The fourth-order valence-electron chi connectivity index (χ4n) is 0.698. The second-order valence-electron chi connectivity index (χ2n) is 2.14. The van der Waals surface area contributed by atoms with Gasteiger partial charge in [-0.25, -0.2) is 5.48 Å². The Morgan fingerprint density at radius 1 is 1.42 bits per heavy atom. The van der Waals surface area contributed by atoms with Crippen LogP contribution in [0.4, 0.5) is 0 Å². The highest BCUT2D eigenvalue weighted by Gasteiger charge is 1.99. The predicted octanol–water partition coefficient (Wildman–Crippen LogP) is 1.28. The van der Waals surface area contributed by atoms with Crippen molar-refractivity contribution in [2.45, 2.75) is 4.90 Å². The van der Waals surface area contributed by atoms with Gasteiger partial charge in [-0.2, -0.15) is 0 Å². The summed E-state index contributed by atoms with van der Waals surface area (Å²) in [5.74, 6) is -0.149. The van der Waals surface area contributed by atoms with Crippen molar-refractivity contribution < 1.29 is 10.0 Å². The highest BCUT2D eigenvalue weighted by molar-refractivity contribution is 8.00. The predicted molar refractivity (Wildman–Crippen MR) is 47.1 cm³/mol. The van der Waals surface area contributed by atoms with E-state index in [9.17, 15) is 4.79 Å². The smallest absolute Gasteiger partial charge is 0.253 e. The minimum atomic E-state index is -0.385. The van der Waals surface area contributed by atoms with Crippen LogP contribution in [0.3, 0.4) is 0 Å². The van der Waals surface area contributed by atoms with Gasteiger partial charge in [-0.15, -0.1) is 11.8 Å². The molecule has 0 atom stereocenters. The van der Waals surface area contributed by atoms with Crippen molar-refractivity contribution in [1.29, 1.82) is 0 Å². The number of nitrogens with one attached hydrogen (secondary N) is 1. The number of rotatable bonds is 3. The Balaban J connectivity index is 2.38. The van der Waals surface area contributed by atoms with Gasteiger partial charge in [-0.1, -0.05) is 18.2 Å². The summed E-state index contributed by atoms with van der Waals surface area (Å²) in [6.45, 7) is 0. The van der Waals surface area contributed by atoms with Crippen LogP contribution in [-0.4, -0.2) is 16.9 Å². The van der Waals surface area contributed by atoms with Crippen molar-refractivity contribution in [3.63, 3.8) is 0 Å². The van der Waals surface area contributed by atoms with E-state index in [1.165, 1.54) is 11.8 Å². The molecule has 2 N–H and O–H groups in total. The molecule has 4 heteroatoms. The van der Waals surface area contributed by atoms with Crippen LogP contribution in [0.25, 0.3) is 0 Å². The second kappa shape index (κ2) is 4.79. The molecule has 0 aromatic heterocycles. The molecule has 0 aliphatic rings. The zero-order valence-corrected chi connectivity index (χ0v) is 7.17. The minimum absolute atomic E-state index is 0.237. The van der Waals surface area contributed by atoms with Crippen LogP contribution in [0.5, 0.6) is 0 Å². The molecule has 3 nitrogen and oxygen atoms in total. The maximum atomic E-state index is 10.6. The average Bonchev–Trinajstić information content (AvgIpc) is 2.16. The molecular weight excluding hydrogens is 174 g/mol. The highest BCUT2D eigenvalue weighted by atomic mass is 32.2. The molecule has 0 saturated heterocycles. The SMILES string of the molecule is O=C(CSc1ccccc1)NO. The first-order valence-corrected chi connectivity index (χ1v) is 4.42. The Hall–Kier alpha value is -1.00. The summed E-state index contributed by atoms with van der Waals surface area (Å²) in [7, 11) is 0. The number of carbonyl (C=O) groups excluding carboxylic acids is 1. The molecule has 1 rings (SSSR count). The van der Waals surface area contributed by atoms with Gasteiger partial charge in [-0.3, -0.25) is 10.0 Å². The first-order chi connectivity index (χ1) is 5.83. The van der Waals surface area contributed by atoms with Crippen LogP contribution in [0.2, 0.25) is 0 Å². The largest absolute Gasteiger partial charge is 0.289 e. The van der Waals surface area contributed by atoms with Gasteiger partial charge in [0.1, 0.15) is 0 Å². The van der Waals surface area contributed by atoms with E-state index in [1.54, 1.807) is 5.48 Å². The van der Waals surface area contributed by atoms with Crippen LogP contribution in [-0.2, 0) is 4.79 Å². The first kappa shape index (κ1) is 9.09. The van der Waals surface area contributed by atoms with Gasteiger partial charge in [0.2, 0.25) is 0 Å². The quantitative estimate of drug-likeness (QED) is 0.421. The number of benzene rings is 1. The van der Waals surface area contributed by atoms with E-state index >= 15 is 0 Å². The Morgan fingerprint density at radius 3 is 2.67 bits per heavy atom. The van der Waals surface area contributed by atoms with Gasteiger partial charge < -0.3 is 0 Å². The standard InChI is InChI=1S/C8H9NO2S/c10-8(9-11)6-12-7-4-2-1-3-5-7/h1-5,11H,6H2,(H,9,10). The number of hydrogen-bond acceptors (Lipinski definition) is 3. The van der Waals surface area contributed by atoms with E-state index in [0.29, 0.717) is 0 Å². The average molecular weight is 183 g/mol. The van der Waals surface area contributed by atoms with Crippen LogP contribution < -0.4 is 5.48 Å². The van der Waals surface area contributed by atoms with Gasteiger partial charge in [0.15, 0.2) is 0 Å². The lowest BCUT2D eigenvalue weighted by atomic mass is 10.4. The fourth-order valence-corrected chi connectivity index (χ4v) is 1.41. The van der Waals surface area contributed by atoms with E-state index in [4.69, 9.17) is 5.21 Å². The molecule has 0 saturated carbocycles. The third kappa shape index (κ3) is 2.94. The molecule has 64 valence electrons. The number of hydroxylamine groups is 1. The molecule has 1 aromatic rings. The van der Waals surface area contributed by atoms with Crippen molar-refractivity contribution in [3.8, 4) is 0 Å². The lowest BCUT2D eigenvalue weighted by Crippen LogP contribution is -2.20. The number of thioether (sulfide) groups is 1. The van der Waals surface area contributed by atoms with Crippen molar-refractivity contribution >= 4 is 17.7 Å². The van der Waals surface area contributed by atoms with Gasteiger partial charge in [0.05, 0.1) is 5.75 Å². The summed E-state index contributed by atoms with van der Waals surface area (Å²) >= 11 is 1.38. The molecule has 12 heavy (non-hydrogen) atoms. The minimum Gasteiger partial charge on any atom is -0.289 e. The van der Waals surface area contributed by atoms with Gasteiger partial charge in [0.25, 0.3) is 5.91 Å². The van der Waals surface area contributed by atoms with Crippen molar-refractivity contribution in [2.24, 2.45) is 0 Å². The molecule has 0 aliphatic heterocycles. The molecule has 1 aromatic carbocycles. The Bertz CT molecular complexity index is 250. The molecule has 1 amide bonds. The Labute approximate surface area is 74.7 Å². The summed E-state index contributed by atoms with van der Waals surface area (Å²) in [6, 6.07) is 9.54. The molecule has 0 radical (unpaired) electrons. The highest BCUT2D eigenvalue weighted by Crippen LogP contribution is 2.15. The summed E-state index contributed by atoms with van der Waals surface area (Å²) in [4.78, 5) is 11.6. The number of carbonyl (C=O) groups is 1. The topological polar surface area (TPSA) is 49.3 Å². The summed E-state index contributed by atoms with van der Waals surface area (Å²) < 4.78 is 0. The Kier molecular flexibility index (Phi) is 3.63. The molecule has 0 aliphatic carbocycles. The normalized spacial score (nSPS) is 9.42. The molecule has 0 heterocycles. The third-order valence-electron chi connectivity index (χ3n) is 1.24. The monoisotopic (exact) mass is 183 g/mol. The fraction of sp³-hybridized carbons (Fsp3) is 0.125. The summed E-state index contributed by atoms with van der Waals surface area (Å²) in [6.07, 6.45) is 0. The number of amides is 1. The zero-order chi connectivity index (χ0) is 8.81. The van der Waals surface area contributed by atoms with Crippen molar-refractivity contribution in [3.05, 3.63) is 30.3 Å². The summed E-state index contributed by atoms with van der Waals surface area (Å²) in [5.41, 5.74) is 1.58. The first-order valence-electron chi connectivity index (χ1n) is 3.43. The van der Waals surface area contributed by atoms with Crippen LogP contribution in [0.1, 0.15) is 0 Å². The van der Waals surface area contributed by atoms with Crippen LogP contribution in [0.15, 0.2) is 35.2 Å². The third-order valence-corrected chi connectivity index (χ3v) is 2.25. The van der Waals surface area contributed by atoms with Gasteiger partial charge in [-0.05, 0) is 12.1 Å². The lowest BCUT2D eigenvalue weighted by molar-refractivity contribution is -0.126.